The molecule has 1 rings (SSSR count). The third-order valence-corrected chi connectivity index (χ3v) is 1.90. The molecule has 0 saturated carbocycles. The maximum atomic E-state index is 5.01. The lowest BCUT2D eigenvalue weighted by atomic mass is 10.1. The monoisotopic (exact) mass is 129 g/mol. The maximum Gasteiger partial charge on any atom is 0.247 e. The van der Waals surface area contributed by atoms with E-state index in [9.17, 15) is 0 Å². The lowest BCUT2D eigenvalue weighted by Crippen LogP contribution is -2.30. The fourth-order valence-electron chi connectivity index (χ4n) is 0.515. The Hall–Kier alpha value is 0.137. The molecule has 1 unspecified atom stereocenters. The molecule has 0 aromatic carbocycles. The van der Waals surface area contributed by atoms with Crippen molar-refractivity contribution in [2.75, 3.05) is 6.61 Å². The second-order valence-corrected chi connectivity index (χ2v) is 2.73. The minimum atomic E-state index is -0.156. The summed E-state index contributed by atoms with van der Waals surface area (Å²) < 4.78 is 9.95. The Bertz CT molecular complexity index is 88.4. The first-order valence-electron chi connectivity index (χ1n) is 2.63. The van der Waals surface area contributed by atoms with Gasteiger partial charge in [0.05, 0.1) is 12.2 Å². The van der Waals surface area contributed by atoms with Crippen LogP contribution in [0.25, 0.3) is 0 Å². The molecular weight excluding hydrogens is 120 g/mol. The second kappa shape index (κ2) is 1.82. The molecule has 45 valence electrons. The SMILES string of the molecule is CC(C)(O[Si])C1CO1. The first kappa shape index (κ1) is 6.26. The smallest absolute Gasteiger partial charge is 0.247 e. The molecule has 1 aliphatic heterocycles. The fraction of sp³-hybridized carbons (Fsp3) is 1.00. The molecule has 1 heterocycles. The normalized spacial score (nSPS) is 28.1. The van der Waals surface area contributed by atoms with Gasteiger partial charge in [0.25, 0.3) is 0 Å². The molecule has 3 heteroatoms. The van der Waals surface area contributed by atoms with E-state index < -0.39 is 0 Å². The zero-order valence-corrected chi connectivity index (χ0v) is 6.10. The molecule has 0 spiro atoms. The third kappa shape index (κ3) is 1.10. The second-order valence-electron chi connectivity index (χ2n) is 2.53. The van der Waals surface area contributed by atoms with Crippen LogP contribution in [-0.2, 0) is 9.16 Å². The van der Waals surface area contributed by atoms with Crippen molar-refractivity contribution in [3.63, 3.8) is 0 Å². The molecule has 8 heavy (non-hydrogen) atoms. The maximum absolute atomic E-state index is 5.01. The van der Waals surface area contributed by atoms with Gasteiger partial charge < -0.3 is 9.16 Å². The summed E-state index contributed by atoms with van der Waals surface area (Å²) in [4.78, 5) is 0. The Morgan fingerprint density at radius 2 is 2.25 bits per heavy atom. The molecule has 0 amide bonds. The molecule has 3 radical (unpaired) electrons. The number of rotatable bonds is 2. The van der Waals surface area contributed by atoms with Gasteiger partial charge in [-0.05, 0) is 13.8 Å². The van der Waals surface area contributed by atoms with Gasteiger partial charge in [-0.2, -0.15) is 0 Å². The lowest BCUT2D eigenvalue weighted by molar-refractivity contribution is 0.0852. The van der Waals surface area contributed by atoms with E-state index >= 15 is 0 Å². The van der Waals surface area contributed by atoms with Crippen LogP contribution in [0, 0.1) is 0 Å². The van der Waals surface area contributed by atoms with Gasteiger partial charge in [0.15, 0.2) is 0 Å². The molecule has 1 saturated heterocycles. The van der Waals surface area contributed by atoms with Gasteiger partial charge in [-0.3, -0.25) is 0 Å². The minimum Gasteiger partial charge on any atom is -0.411 e. The van der Waals surface area contributed by atoms with Gasteiger partial charge in [0.2, 0.25) is 10.5 Å². The van der Waals surface area contributed by atoms with Crippen molar-refractivity contribution >= 4 is 10.5 Å². The summed E-state index contributed by atoms with van der Waals surface area (Å²) in [6, 6.07) is 0. The summed E-state index contributed by atoms with van der Waals surface area (Å²) in [5, 5.41) is 0. The van der Waals surface area contributed by atoms with Crippen LogP contribution in [0.1, 0.15) is 13.8 Å². The Kier molecular flexibility index (Phi) is 1.43. The van der Waals surface area contributed by atoms with E-state index in [-0.39, 0.29) is 5.60 Å². The molecule has 0 aromatic heterocycles. The predicted molar refractivity (Wildman–Crippen MR) is 30.7 cm³/mol. The van der Waals surface area contributed by atoms with E-state index in [1.54, 1.807) is 0 Å². The summed E-state index contributed by atoms with van der Waals surface area (Å²) in [7, 11) is 2.98. The van der Waals surface area contributed by atoms with Gasteiger partial charge in [-0.1, -0.05) is 0 Å². The van der Waals surface area contributed by atoms with Crippen LogP contribution in [0.5, 0.6) is 0 Å². The van der Waals surface area contributed by atoms with Crippen LogP contribution in [0.4, 0.5) is 0 Å². The Morgan fingerprint density at radius 1 is 1.75 bits per heavy atom. The Balaban J connectivity index is 2.37. The molecule has 1 aliphatic rings. The summed E-state index contributed by atoms with van der Waals surface area (Å²) in [5.74, 6) is 0. The molecule has 0 bridgehead atoms. The molecule has 0 aliphatic carbocycles. The van der Waals surface area contributed by atoms with Gasteiger partial charge in [-0.25, -0.2) is 0 Å². The highest BCUT2D eigenvalue weighted by atomic mass is 28.2. The zero-order chi connectivity index (χ0) is 6.20. The van der Waals surface area contributed by atoms with Crippen LogP contribution in [0.15, 0.2) is 0 Å². The molecule has 1 fully saturated rings. The average molecular weight is 129 g/mol. The number of epoxide rings is 1. The number of ether oxygens (including phenoxy) is 1. The molecule has 1 atom stereocenters. The average Bonchev–Trinajstić information content (AvgIpc) is 2.44. The van der Waals surface area contributed by atoms with E-state index in [4.69, 9.17) is 9.16 Å². The minimum absolute atomic E-state index is 0.156. The van der Waals surface area contributed by atoms with Crippen molar-refractivity contribution in [1.29, 1.82) is 0 Å². The van der Waals surface area contributed by atoms with Gasteiger partial charge >= 0.3 is 0 Å². The molecule has 0 N–H and O–H groups in total. The molecule has 0 aromatic rings. The van der Waals surface area contributed by atoms with E-state index in [0.717, 1.165) is 6.61 Å². The number of hydrogen-bond donors (Lipinski definition) is 0. The fourth-order valence-corrected chi connectivity index (χ4v) is 0.647. The summed E-state index contributed by atoms with van der Waals surface area (Å²) in [6.45, 7) is 4.80. The Morgan fingerprint density at radius 3 is 2.38 bits per heavy atom. The predicted octanol–water partition coefficient (Wildman–Crippen LogP) is 0.264. The Labute approximate surface area is 52.7 Å². The first-order valence-corrected chi connectivity index (χ1v) is 3.04. The van der Waals surface area contributed by atoms with Crippen LogP contribution >= 0.6 is 0 Å². The summed E-state index contributed by atoms with van der Waals surface area (Å²) >= 11 is 0. The number of hydrogen-bond acceptors (Lipinski definition) is 2. The van der Waals surface area contributed by atoms with Crippen molar-refractivity contribution in [2.45, 2.75) is 25.6 Å². The van der Waals surface area contributed by atoms with Gasteiger partial charge in [0.1, 0.15) is 6.10 Å². The summed E-state index contributed by atoms with van der Waals surface area (Å²) in [6.07, 6.45) is 0.292. The van der Waals surface area contributed by atoms with Crippen molar-refractivity contribution in [2.24, 2.45) is 0 Å². The van der Waals surface area contributed by atoms with Crippen molar-refractivity contribution < 1.29 is 9.16 Å². The van der Waals surface area contributed by atoms with Crippen LogP contribution in [-0.4, -0.2) is 28.8 Å². The van der Waals surface area contributed by atoms with Crippen molar-refractivity contribution in [1.82, 2.24) is 0 Å². The molecule has 2 nitrogen and oxygen atoms in total. The van der Waals surface area contributed by atoms with E-state index in [0.29, 0.717) is 6.10 Å². The standard InChI is InChI=1S/C5H9O2Si/c1-5(2,7-8)4-3-6-4/h4H,3H2,1-2H3. The van der Waals surface area contributed by atoms with Crippen molar-refractivity contribution in [3.05, 3.63) is 0 Å². The quantitative estimate of drug-likeness (QED) is 0.394. The first-order chi connectivity index (χ1) is 3.67. The lowest BCUT2D eigenvalue weighted by Gasteiger charge is -2.19. The molecular formula is C5H9O2Si. The third-order valence-electron chi connectivity index (χ3n) is 1.37. The van der Waals surface area contributed by atoms with E-state index in [2.05, 4.69) is 10.5 Å². The highest BCUT2D eigenvalue weighted by Gasteiger charge is 2.39. The summed E-state index contributed by atoms with van der Waals surface area (Å²) in [5.41, 5.74) is -0.156. The van der Waals surface area contributed by atoms with E-state index in [1.807, 2.05) is 13.8 Å². The van der Waals surface area contributed by atoms with Crippen LogP contribution < -0.4 is 0 Å². The zero-order valence-electron chi connectivity index (χ0n) is 5.10. The largest absolute Gasteiger partial charge is 0.411 e. The van der Waals surface area contributed by atoms with Gasteiger partial charge in [-0.15, -0.1) is 0 Å². The van der Waals surface area contributed by atoms with Crippen molar-refractivity contribution in [3.8, 4) is 0 Å². The topological polar surface area (TPSA) is 21.8 Å². The van der Waals surface area contributed by atoms with Gasteiger partial charge in [0, 0.05) is 0 Å². The highest BCUT2D eigenvalue weighted by molar-refractivity contribution is 5.98. The van der Waals surface area contributed by atoms with Crippen LogP contribution in [0.2, 0.25) is 0 Å². The van der Waals surface area contributed by atoms with Crippen LogP contribution in [0.3, 0.4) is 0 Å². The van der Waals surface area contributed by atoms with E-state index in [1.165, 1.54) is 0 Å². The highest BCUT2D eigenvalue weighted by Crippen LogP contribution is 2.25.